The third-order valence-electron chi connectivity index (χ3n) is 6.66. The monoisotopic (exact) mass is 420 g/mol. The Labute approximate surface area is 183 Å². The number of unbranched alkanes of at least 4 members (excludes halogenated alkanes) is 9. The van der Waals surface area contributed by atoms with Crippen molar-refractivity contribution in [3.63, 3.8) is 0 Å². The van der Waals surface area contributed by atoms with Gasteiger partial charge in [-0.1, -0.05) is 71.1 Å². The molecule has 1 unspecified atom stereocenters. The summed E-state index contributed by atoms with van der Waals surface area (Å²) in [5.74, 6) is -2.05. The Bertz CT molecular complexity index is 596. The second-order valence-corrected chi connectivity index (χ2v) is 10.9. The number of piperidine rings is 1. The molecule has 2 fully saturated rings. The summed E-state index contributed by atoms with van der Waals surface area (Å²) < 4.78 is 0. The molecule has 0 aromatic heterocycles. The topological polar surface area (TPSA) is 66.5 Å². The van der Waals surface area contributed by atoms with Gasteiger partial charge in [0.1, 0.15) is 5.92 Å². The normalized spacial score (nSPS) is 24.1. The fourth-order valence-electron chi connectivity index (χ4n) is 5.54. The van der Waals surface area contributed by atoms with Gasteiger partial charge in [0.25, 0.3) is 5.91 Å². The molecule has 2 rings (SSSR count). The highest BCUT2D eigenvalue weighted by molar-refractivity contribution is 6.47. The lowest BCUT2D eigenvalue weighted by atomic mass is 9.79. The van der Waals surface area contributed by atoms with Gasteiger partial charge in [-0.15, -0.1) is 0 Å². The molecule has 2 saturated heterocycles. The number of nitrogens with zero attached hydrogens (tertiary/aromatic N) is 1. The second-order valence-electron chi connectivity index (χ2n) is 10.9. The average Bonchev–Trinajstić information content (AvgIpc) is 2.83. The van der Waals surface area contributed by atoms with E-state index in [1.54, 1.807) is 0 Å². The van der Waals surface area contributed by atoms with E-state index in [9.17, 15) is 14.4 Å². The third-order valence-corrected chi connectivity index (χ3v) is 6.66. The maximum atomic E-state index is 13.0. The van der Waals surface area contributed by atoms with Crippen LogP contribution in [0.15, 0.2) is 0 Å². The zero-order valence-electron chi connectivity index (χ0n) is 20.0. The average molecular weight is 421 g/mol. The molecule has 0 aromatic rings. The van der Waals surface area contributed by atoms with Gasteiger partial charge in [-0.3, -0.25) is 19.3 Å². The van der Waals surface area contributed by atoms with Crippen molar-refractivity contribution in [2.24, 2.45) is 5.92 Å². The quantitative estimate of drug-likeness (QED) is 0.205. The Morgan fingerprint density at radius 3 is 1.77 bits per heavy atom. The van der Waals surface area contributed by atoms with Crippen molar-refractivity contribution in [3.8, 4) is 0 Å². The molecule has 30 heavy (non-hydrogen) atoms. The summed E-state index contributed by atoms with van der Waals surface area (Å²) in [4.78, 5) is 39.5. The smallest absolute Gasteiger partial charge is 0.297 e. The zero-order valence-corrected chi connectivity index (χ0v) is 20.0. The summed E-state index contributed by atoms with van der Waals surface area (Å²) in [5, 5.41) is 3.58. The van der Waals surface area contributed by atoms with Gasteiger partial charge in [0.05, 0.1) is 0 Å². The van der Waals surface area contributed by atoms with Crippen molar-refractivity contribution >= 4 is 17.6 Å². The van der Waals surface area contributed by atoms with Gasteiger partial charge in [0.15, 0.2) is 0 Å². The Morgan fingerprint density at radius 1 is 0.800 bits per heavy atom. The lowest BCUT2D eigenvalue weighted by molar-refractivity contribution is -0.146. The minimum absolute atomic E-state index is 0.176. The maximum Gasteiger partial charge on any atom is 0.297 e. The molecule has 172 valence electrons. The Balaban J connectivity index is 1.78. The summed E-state index contributed by atoms with van der Waals surface area (Å²) >= 11 is 0. The van der Waals surface area contributed by atoms with Crippen LogP contribution >= 0.6 is 0 Å². The van der Waals surface area contributed by atoms with E-state index in [-0.39, 0.29) is 23.0 Å². The van der Waals surface area contributed by atoms with E-state index in [0.29, 0.717) is 19.3 Å². The van der Waals surface area contributed by atoms with E-state index in [2.05, 4.69) is 39.9 Å². The molecule has 0 aromatic carbocycles. The number of likely N-dealkylation sites (tertiary alicyclic amines) is 1. The Morgan fingerprint density at radius 2 is 1.27 bits per heavy atom. The molecular weight excluding hydrogens is 376 g/mol. The predicted molar refractivity (Wildman–Crippen MR) is 121 cm³/mol. The van der Waals surface area contributed by atoms with Crippen molar-refractivity contribution in [3.05, 3.63) is 0 Å². The van der Waals surface area contributed by atoms with Gasteiger partial charge in [0.2, 0.25) is 11.7 Å². The molecule has 2 heterocycles. The number of hydrogen-bond acceptors (Lipinski definition) is 4. The van der Waals surface area contributed by atoms with Crippen LogP contribution in [0, 0.1) is 5.92 Å². The van der Waals surface area contributed by atoms with Crippen LogP contribution in [0.2, 0.25) is 0 Å². The number of nitrogens with one attached hydrogen (secondary N) is 1. The number of amides is 2. The first-order valence-corrected chi connectivity index (χ1v) is 12.3. The van der Waals surface area contributed by atoms with Crippen LogP contribution in [0.25, 0.3) is 0 Å². The largest absolute Gasteiger partial charge is 0.307 e. The molecule has 2 aliphatic rings. The Kier molecular flexibility index (Phi) is 9.08. The van der Waals surface area contributed by atoms with Crippen molar-refractivity contribution in [2.45, 2.75) is 135 Å². The van der Waals surface area contributed by atoms with E-state index in [1.807, 2.05) is 0 Å². The molecular formula is C25H44N2O3. The maximum absolute atomic E-state index is 13.0. The summed E-state index contributed by atoms with van der Waals surface area (Å²) in [7, 11) is 0. The van der Waals surface area contributed by atoms with Crippen molar-refractivity contribution < 1.29 is 14.4 Å². The van der Waals surface area contributed by atoms with E-state index in [0.717, 1.165) is 19.3 Å². The number of carbonyl (C=O) groups excluding carboxylic acids is 3. The van der Waals surface area contributed by atoms with Gasteiger partial charge >= 0.3 is 0 Å². The van der Waals surface area contributed by atoms with Crippen LogP contribution in [0.3, 0.4) is 0 Å². The van der Waals surface area contributed by atoms with Crippen LogP contribution in [0.4, 0.5) is 0 Å². The SMILES string of the molecule is CCCCCCCCCCCCC1C(=O)C(=O)N(C2CC(C)(C)NC(C)(C)C2)C1=O. The van der Waals surface area contributed by atoms with Gasteiger partial charge in [0, 0.05) is 17.1 Å². The van der Waals surface area contributed by atoms with Crippen LogP contribution in [0.1, 0.15) is 118 Å². The number of carbonyl (C=O) groups is 3. The lowest BCUT2D eigenvalue weighted by Crippen LogP contribution is -2.63. The minimum Gasteiger partial charge on any atom is -0.307 e. The summed E-state index contributed by atoms with van der Waals surface area (Å²) in [5.41, 5.74) is -0.352. The molecule has 0 radical (unpaired) electrons. The number of imide groups is 1. The molecule has 2 aliphatic heterocycles. The van der Waals surface area contributed by atoms with Crippen LogP contribution < -0.4 is 5.32 Å². The van der Waals surface area contributed by atoms with E-state index < -0.39 is 17.6 Å². The molecule has 5 nitrogen and oxygen atoms in total. The van der Waals surface area contributed by atoms with E-state index in [1.165, 1.54) is 49.8 Å². The fourth-order valence-corrected chi connectivity index (χ4v) is 5.54. The van der Waals surface area contributed by atoms with Gasteiger partial charge in [-0.05, 0) is 47.0 Å². The molecule has 2 amide bonds. The van der Waals surface area contributed by atoms with E-state index >= 15 is 0 Å². The van der Waals surface area contributed by atoms with Crippen LogP contribution in [0.5, 0.6) is 0 Å². The first kappa shape index (κ1) is 25.0. The molecule has 0 saturated carbocycles. The molecule has 0 spiro atoms. The fraction of sp³-hybridized carbons (Fsp3) is 0.880. The van der Waals surface area contributed by atoms with Crippen molar-refractivity contribution in [2.75, 3.05) is 0 Å². The molecule has 0 aliphatic carbocycles. The molecule has 1 atom stereocenters. The molecule has 5 heteroatoms. The highest BCUT2D eigenvalue weighted by atomic mass is 16.2. The minimum atomic E-state index is -0.743. The predicted octanol–water partition coefficient (Wildman–Crippen LogP) is 5.16. The van der Waals surface area contributed by atoms with Crippen LogP contribution in [-0.2, 0) is 14.4 Å². The lowest BCUT2D eigenvalue weighted by Gasteiger charge is -2.48. The Hall–Kier alpha value is -1.23. The standard InChI is InChI=1S/C25H44N2O3/c1-6-7-8-9-10-11-12-13-14-15-16-20-21(28)23(30)27(22(20)29)19-17-24(2,3)26-25(4,5)18-19/h19-20,26H,6-18H2,1-5H3. The third kappa shape index (κ3) is 6.90. The number of rotatable bonds is 12. The zero-order chi connectivity index (χ0) is 22.4. The van der Waals surface area contributed by atoms with Gasteiger partial charge in [-0.2, -0.15) is 0 Å². The highest BCUT2D eigenvalue weighted by Gasteiger charge is 2.52. The number of hydrogen-bond donors (Lipinski definition) is 1. The first-order valence-electron chi connectivity index (χ1n) is 12.3. The van der Waals surface area contributed by atoms with Crippen molar-refractivity contribution in [1.82, 2.24) is 10.2 Å². The number of Topliss-reactive ketones (excluding diaryl/α,β-unsaturated/α-hetero) is 1. The van der Waals surface area contributed by atoms with Gasteiger partial charge < -0.3 is 5.32 Å². The van der Waals surface area contributed by atoms with Crippen molar-refractivity contribution in [1.29, 1.82) is 0 Å². The summed E-state index contributed by atoms with van der Waals surface area (Å²) in [6.07, 6.45) is 14.0. The van der Waals surface area contributed by atoms with Crippen LogP contribution in [-0.4, -0.2) is 39.6 Å². The van der Waals surface area contributed by atoms with Gasteiger partial charge in [-0.25, -0.2) is 0 Å². The summed E-state index contributed by atoms with van der Waals surface area (Å²) in [6, 6.07) is -0.196. The number of ketones is 1. The van der Waals surface area contributed by atoms with E-state index in [4.69, 9.17) is 0 Å². The highest BCUT2D eigenvalue weighted by Crippen LogP contribution is 2.35. The molecule has 1 N–H and O–H groups in total. The summed E-state index contributed by atoms with van der Waals surface area (Å²) in [6.45, 7) is 10.6. The first-order chi connectivity index (χ1) is 14.1. The second kappa shape index (κ2) is 10.9. The molecule has 0 bridgehead atoms.